The smallest absolute Gasteiger partial charge is 0.226 e. The van der Waals surface area contributed by atoms with Gasteiger partial charge in [0.25, 0.3) is 0 Å². The van der Waals surface area contributed by atoms with Crippen molar-refractivity contribution in [1.82, 2.24) is 10.2 Å². The zero-order valence-electron chi connectivity index (χ0n) is 16.5. The van der Waals surface area contributed by atoms with E-state index in [0.29, 0.717) is 31.0 Å². The van der Waals surface area contributed by atoms with Crippen LogP contribution in [0.1, 0.15) is 17.5 Å². The Kier molecular flexibility index (Phi) is 6.19. The summed E-state index contributed by atoms with van der Waals surface area (Å²) in [6.45, 7) is 0.937. The molecular weight excluding hydrogens is 356 g/mol. The summed E-state index contributed by atoms with van der Waals surface area (Å²) < 4.78 is 10.5. The van der Waals surface area contributed by atoms with E-state index in [2.05, 4.69) is 5.32 Å². The Bertz CT molecular complexity index is 838. The van der Waals surface area contributed by atoms with Gasteiger partial charge >= 0.3 is 0 Å². The molecule has 2 aromatic carbocycles. The molecule has 0 aromatic heterocycles. The molecule has 1 N–H and O–H groups in total. The van der Waals surface area contributed by atoms with E-state index in [0.717, 1.165) is 11.1 Å². The van der Waals surface area contributed by atoms with Crippen molar-refractivity contribution in [3.05, 3.63) is 59.7 Å². The quantitative estimate of drug-likeness (QED) is 0.762. The standard InChI is InChI=1S/C22H26N2O4/c1-24(14-15-7-5-4-6-8-15)22(26)18-12-17(18)21(25)23-13-16-9-10-19(27-2)20(11-16)28-3/h4-11,17-18H,12-14H2,1-3H3,(H,23,25). The fourth-order valence-electron chi connectivity index (χ4n) is 3.29. The molecule has 6 heteroatoms. The summed E-state index contributed by atoms with van der Waals surface area (Å²) in [6, 6.07) is 15.4. The highest BCUT2D eigenvalue weighted by Gasteiger charge is 2.48. The lowest BCUT2D eigenvalue weighted by atomic mass is 10.2. The van der Waals surface area contributed by atoms with Crippen LogP contribution in [-0.2, 0) is 22.7 Å². The number of hydrogen-bond acceptors (Lipinski definition) is 4. The highest BCUT2D eigenvalue weighted by Crippen LogP contribution is 2.40. The summed E-state index contributed by atoms with van der Waals surface area (Å²) in [5.41, 5.74) is 1.99. The van der Waals surface area contributed by atoms with E-state index in [-0.39, 0.29) is 23.7 Å². The van der Waals surface area contributed by atoms with Crippen LogP contribution in [0.2, 0.25) is 0 Å². The molecule has 2 atom stereocenters. The van der Waals surface area contributed by atoms with Gasteiger partial charge in [0.2, 0.25) is 11.8 Å². The summed E-state index contributed by atoms with van der Waals surface area (Å²) in [6.07, 6.45) is 0.607. The van der Waals surface area contributed by atoms with Crippen LogP contribution in [0.5, 0.6) is 11.5 Å². The Morgan fingerprint density at radius 3 is 2.39 bits per heavy atom. The molecule has 0 heterocycles. The van der Waals surface area contributed by atoms with Gasteiger partial charge in [-0.1, -0.05) is 36.4 Å². The van der Waals surface area contributed by atoms with E-state index in [1.807, 2.05) is 48.5 Å². The predicted molar refractivity (Wildman–Crippen MR) is 106 cm³/mol. The molecule has 2 unspecified atom stereocenters. The van der Waals surface area contributed by atoms with E-state index in [4.69, 9.17) is 9.47 Å². The van der Waals surface area contributed by atoms with Crippen molar-refractivity contribution in [3.8, 4) is 11.5 Å². The second-order valence-corrected chi connectivity index (χ2v) is 7.04. The van der Waals surface area contributed by atoms with Crippen LogP contribution >= 0.6 is 0 Å². The minimum absolute atomic E-state index is 0.0233. The van der Waals surface area contributed by atoms with Crippen molar-refractivity contribution >= 4 is 11.8 Å². The van der Waals surface area contributed by atoms with Crippen molar-refractivity contribution in [2.75, 3.05) is 21.3 Å². The third-order valence-electron chi connectivity index (χ3n) is 5.00. The average molecular weight is 382 g/mol. The van der Waals surface area contributed by atoms with Crippen LogP contribution in [0.4, 0.5) is 0 Å². The Balaban J connectivity index is 1.49. The van der Waals surface area contributed by atoms with Gasteiger partial charge in [0.1, 0.15) is 0 Å². The largest absolute Gasteiger partial charge is 0.493 e. The minimum Gasteiger partial charge on any atom is -0.493 e. The number of nitrogens with one attached hydrogen (secondary N) is 1. The van der Waals surface area contributed by atoms with Crippen LogP contribution < -0.4 is 14.8 Å². The maximum absolute atomic E-state index is 12.6. The number of methoxy groups -OCH3 is 2. The van der Waals surface area contributed by atoms with Crippen molar-refractivity contribution in [1.29, 1.82) is 0 Å². The van der Waals surface area contributed by atoms with Crippen molar-refractivity contribution in [2.45, 2.75) is 19.5 Å². The van der Waals surface area contributed by atoms with Gasteiger partial charge in [-0.3, -0.25) is 9.59 Å². The van der Waals surface area contributed by atoms with Crippen LogP contribution in [0.25, 0.3) is 0 Å². The number of carbonyl (C=O) groups excluding carboxylic acids is 2. The predicted octanol–water partition coefficient (Wildman–Crippen LogP) is 2.61. The zero-order valence-corrected chi connectivity index (χ0v) is 16.5. The van der Waals surface area contributed by atoms with Gasteiger partial charge in [0.05, 0.1) is 26.1 Å². The normalized spacial score (nSPS) is 17.5. The summed E-state index contributed by atoms with van der Waals surface area (Å²) in [4.78, 5) is 26.7. The molecule has 2 amide bonds. The Morgan fingerprint density at radius 2 is 1.71 bits per heavy atom. The summed E-state index contributed by atoms with van der Waals surface area (Å²) in [7, 11) is 4.94. The van der Waals surface area contributed by atoms with Crippen molar-refractivity contribution in [3.63, 3.8) is 0 Å². The van der Waals surface area contributed by atoms with E-state index >= 15 is 0 Å². The number of benzene rings is 2. The summed E-state index contributed by atoms with van der Waals surface area (Å²) >= 11 is 0. The van der Waals surface area contributed by atoms with Gasteiger partial charge < -0.3 is 19.7 Å². The van der Waals surface area contributed by atoms with Crippen LogP contribution in [-0.4, -0.2) is 38.0 Å². The highest BCUT2D eigenvalue weighted by molar-refractivity contribution is 5.92. The van der Waals surface area contributed by atoms with Gasteiger partial charge in [-0.15, -0.1) is 0 Å². The first kappa shape index (κ1) is 19.7. The lowest BCUT2D eigenvalue weighted by Gasteiger charge is -2.17. The first-order valence-corrected chi connectivity index (χ1v) is 9.31. The van der Waals surface area contributed by atoms with Gasteiger partial charge in [-0.25, -0.2) is 0 Å². The molecule has 0 radical (unpaired) electrons. The molecule has 28 heavy (non-hydrogen) atoms. The molecule has 1 fully saturated rings. The Morgan fingerprint density at radius 1 is 1.00 bits per heavy atom. The van der Waals surface area contributed by atoms with E-state index in [1.54, 1.807) is 26.2 Å². The Labute approximate surface area is 165 Å². The second-order valence-electron chi connectivity index (χ2n) is 7.04. The second kappa shape index (κ2) is 8.78. The van der Waals surface area contributed by atoms with Gasteiger partial charge in [0, 0.05) is 20.1 Å². The minimum atomic E-state index is -0.245. The van der Waals surface area contributed by atoms with Crippen molar-refractivity contribution in [2.24, 2.45) is 11.8 Å². The third kappa shape index (κ3) is 4.63. The molecule has 1 aliphatic rings. The molecule has 0 saturated heterocycles. The van der Waals surface area contributed by atoms with Crippen molar-refractivity contribution < 1.29 is 19.1 Å². The van der Waals surface area contributed by atoms with E-state index in [1.165, 1.54) is 0 Å². The molecule has 1 saturated carbocycles. The molecule has 1 aliphatic carbocycles. The maximum Gasteiger partial charge on any atom is 0.226 e. The third-order valence-corrected chi connectivity index (χ3v) is 5.00. The molecule has 0 spiro atoms. The lowest BCUT2D eigenvalue weighted by molar-refractivity contribution is -0.134. The zero-order chi connectivity index (χ0) is 20.1. The summed E-state index contributed by atoms with van der Waals surface area (Å²) in [5.74, 6) is 0.740. The maximum atomic E-state index is 12.6. The number of carbonyl (C=O) groups is 2. The number of rotatable bonds is 8. The molecule has 3 rings (SSSR count). The number of nitrogens with zero attached hydrogens (tertiary/aromatic N) is 1. The van der Waals surface area contributed by atoms with Gasteiger partial charge in [-0.05, 0) is 29.7 Å². The van der Waals surface area contributed by atoms with E-state index in [9.17, 15) is 9.59 Å². The molecule has 0 aliphatic heterocycles. The molecule has 6 nitrogen and oxygen atoms in total. The van der Waals surface area contributed by atoms with Gasteiger partial charge in [-0.2, -0.15) is 0 Å². The van der Waals surface area contributed by atoms with Crippen LogP contribution in [0.15, 0.2) is 48.5 Å². The highest BCUT2D eigenvalue weighted by atomic mass is 16.5. The van der Waals surface area contributed by atoms with E-state index < -0.39 is 0 Å². The average Bonchev–Trinajstić information content (AvgIpc) is 3.52. The first-order valence-electron chi connectivity index (χ1n) is 9.31. The number of amides is 2. The molecule has 2 aromatic rings. The Hall–Kier alpha value is -3.02. The van der Waals surface area contributed by atoms with Crippen LogP contribution in [0.3, 0.4) is 0 Å². The fraction of sp³-hybridized carbons (Fsp3) is 0.364. The van der Waals surface area contributed by atoms with Crippen LogP contribution in [0, 0.1) is 11.8 Å². The number of hydrogen-bond donors (Lipinski definition) is 1. The molecular formula is C22H26N2O4. The monoisotopic (exact) mass is 382 g/mol. The van der Waals surface area contributed by atoms with Gasteiger partial charge in [0.15, 0.2) is 11.5 Å². The lowest BCUT2D eigenvalue weighted by Crippen LogP contribution is -2.31. The fourth-order valence-corrected chi connectivity index (χ4v) is 3.29. The molecule has 148 valence electrons. The summed E-state index contributed by atoms with van der Waals surface area (Å²) in [5, 5.41) is 2.92. The number of ether oxygens (including phenoxy) is 2. The SMILES string of the molecule is COc1ccc(CNC(=O)C2CC2C(=O)N(C)Cc2ccccc2)cc1OC. The molecule has 0 bridgehead atoms. The topological polar surface area (TPSA) is 67.9 Å². The first-order chi connectivity index (χ1) is 13.5.